The molecule has 0 spiro atoms. The van der Waals surface area contributed by atoms with Crippen molar-refractivity contribution >= 4 is 11.8 Å². The van der Waals surface area contributed by atoms with Crippen LogP contribution in [0.2, 0.25) is 0 Å². The minimum atomic E-state index is -0.675. The van der Waals surface area contributed by atoms with Gasteiger partial charge in [-0.15, -0.1) is 0 Å². The molecular formula is C13H19NO4. The van der Waals surface area contributed by atoms with Gasteiger partial charge in [-0.1, -0.05) is 6.07 Å². The molecule has 5 nitrogen and oxygen atoms in total. The number of hydrogen-bond acceptors (Lipinski definition) is 4. The number of carbonyl (C=O) groups is 1. The van der Waals surface area contributed by atoms with Crippen molar-refractivity contribution in [3.05, 3.63) is 23.8 Å². The zero-order chi connectivity index (χ0) is 13.9. The molecule has 1 rings (SSSR count). The predicted molar refractivity (Wildman–Crippen MR) is 68.6 cm³/mol. The first-order valence-corrected chi connectivity index (χ1v) is 5.70. The maximum atomic E-state index is 11.5. The van der Waals surface area contributed by atoms with E-state index in [0.717, 1.165) is 0 Å². The first-order valence-electron chi connectivity index (χ1n) is 5.70. The van der Waals surface area contributed by atoms with E-state index in [9.17, 15) is 15.0 Å². The Morgan fingerprint density at radius 2 is 2.00 bits per heavy atom. The highest BCUT2D eigenvalue weighted by molar-refractivity contribution is 5.86. The van der Waals surface area contributed by atoms with Gasteiger partial charge in [0.2, 0.25) is 0 Å². The van der Waals surface area contributed by atoms with Crippen molar-refractivity contribution in [3.63, 3.8) is 0 Å². The van der Waals surface area contributed by atoms with Crippen molar-refractivity contribution in [2.24, 2.45) is 0 Å². The number of anilines is 1. The van der Waals surface area contributed by atoms with E-state index < -0.39 is 17.8 Å². The van der Waals surface area contributed by atoms with Gasteiger partial charge in [-0.05, 0) is 45.4 Å². The van der Waals surface area contributed by atoms with Crippen molar-refractivity contribution in [1.82, 2.24) is 0 Å². The zero-order valence-corrected chi connectivity index (χ0v) is 11.0. The molecule has 0 aliphatic heterocycles. The summed E-state index contributed by atoms with van der Waals surface area (Å²) in [6.45, 7) is 6.85. The Labute approximate surface area is 106 Å². The lowest BCUT2D eigenvalue weighted by molar-refractivity contribution is 0.0635. The van der Waals surface area contributed by atoms with Crippen LogP contribution in [0.4, 0.5) is 10.5 Å². The van der Waals surface area contributed by atoms with E-state index in [4.69, 9.17) is 4.74 Å². The van der Waals surface area contributed by atoms with Crippen LogP contribution in [-0.4, -0.2) is 21.9 Å². The highest BCUT2D eigenvalue weighted by atomic mass is 16.6. The predicted octanol–water partition coefficient (Wildman–Crippen LogP) is 2.79. The average molecular weight is 253 g/mol. The smallest absolute Gasteiger partial charge is 0.412 e. The molecule has 0 fully saturated rings. The number of phenols is 1. The summed E-state index contributed by atoms with van der Waals surface area (Å²) in [5.41, 5.74) is 0.218. The SMILES string of the molecule is C[C@@H](O)c1ccc(NC(=O)OC(C)(C)C)c(O)c1. The van der Waals surface area contributed by atoms with Gasteiger partial charge in [-0.3, -0.25) is 5.32 Å². The molecule has 0 aliphatic carbocycles. The third-order valence-corrected chi connectivity index (χ3v) is 2.14. The van der Waals surface area contributed by atoms with Crippen molar-refractivity contribution in [2.45, 2.75) is 39.4 Å². The van der Waals surface area contributed by atoms with Crippen LogP contribution in [0.5, 0.6) is 5.75 Å². The standard InChI is InChI=1S/C13H19NO4/c1-8(15)9-5-6-10(11(16)7-9)14-12(17)18-13(2,3)4/h5-8,15-16H,1-4H3,(H,14,17)/t8-/m1/s1. The fourth-order valence-electron chi connectivity index (χ4n) is 1.33. The number of nitrogens with one attached hydrogen (secondary N) is 1. The van der Waals surface area contributed by atoms with Gasteiger partial charge >= 0.3 is 6.09 Å². The van der Waals surface area contributed by atoms with Crippen molar-refractivity contribution < 1.29 is 19.7 Å². The van der Waals surface area contributed by atoms with Gasteiger partial charge in [0, 0.05) is 0 Å². The largest absolute Gasteiger partial charge is 0.506 e. The second-order valence-electron chi connectivity index (χ2n) is 5.08. The number of rotatable bonds is 2. The molecule has 0 saturated carbocycles. The average Bonchev–Trinajstić information content (AvgIpc) is 2.17. The highest BCUT2D eigenvalue weighted by Crippen LogP contribution is 2.27. The molecule has 100 valence electrons. The minimum Gasteiger partial charge on any atom is -0.506 e. The van der Waals surface area contributed by atoms with Crippen LogP contribution >= 0.6 is 0 Å². The van der Waals surface area contributed by atoms with Gasteiger partial charge < -0.3 is 14.9 Å². The second-order valence-corrected chi connectivity index (χ2v) is 5.08. The fourth-order valence-corrected chi connectivity index (χ4v) is 1.33. The Balaban J connectivity index is 2.77. The number of carbonyl (C=O) groups excluding carboxylic acids is 1. The van der Waals surface area contributed by atoms with Crippen LogP contribution in [0.25, 0.3) is 0 Å². The molecule has 1 amide bonds. The van der Waals surface area contributed by atoms with Gasteiger partial charge in [0.15, 0.2) is 0 Å². The summed E-state index contributed by atoms with van der Waals surface area (Å²) >= 11 is 0. The second kappa shape index (κ2) is 5.27. The number of aromatic hydroxyl groups is 1. The normalized spacial score (nSPS) is 12.9. The summed E-state index contributed by atoms with van der Waals surface area (Å²) < 4.78 is 5.06. The molecule has 0 aliphatic rings. The fraction of sp³-hybridized carbons (Fsp3) is 0.462. The summed E-state index contributed by atoms with van der Waals surface area (Å²) in [5, 5.41) is 21.5. The Morgan fingerprint density at radius 1 is 1.39 bits per heavy atom. The van der Waals surface area contributed by atoms with Gasteiger partial charge in [0.25, 0.3) is 0 Å². The molecule has 0 unspecified atom stereocenters. The maximum absolute atomic E-state index is 11.5. The molecule has 5 heteroatoms. The number of ether oxygens (including phenoxy) is 1. The summed E-state index contributed by atoms with van der Waals surface area (Å²) in [6.07, 6.45) is -1.31. The number of phenolic OH excluding ortho intramolecular Hbond substituents is 1. The number of benzene rings is 1. The maximum Gasteiger partial charge on any atom is 0.412 e. The molecule has 0 heterocycles. The molecule has 0 saturated heterocycles. The van der Waals surface area contributed by atoms with Crippen molar-refractivity contribution in [1.29, 1.82) is 0 Å². The van der Waals surface area contributed by atoms with E-state index in [2.05, 4.69) is 5.32 Å². The lowest BCUT2D eigenvalue weighted by atomic mass is 10.1. The summed E-state index contributed by atoms with van der Waals surface area (Å²) in [4.78, 5) is 11.5. The first-order chi connectivity index (χ1) is 8.19. The third-order valence-electron chi connectivity index (χ3n) is 2.14. The quantitative estimate of drug-likeness (QED) is 0.708. The molecule has 0 bridgehead atoms. The summed E-state index contributed by atoms with van der Waals surface area (Å²) in [5.74, 6) is -0.112. The highest BCUT2D eigenvalue weighted by Gasteiger charge is 2.17. The number of hydrogen-bond donors (Lipinski definition) is 3. The number of aliphatic hydroxyl groups is 1. The van der Waals surface area contributed by atoms with Crippen LogP contribution in [0.1, 0.15) is 39.4 Å². The molecule has 3 N–H and O–H groups in total. The van der Waals surface area contributed by atoms with Gasteiger partial charge in [0.05, 0.1) is 11.8 Å². The Kier molecular flexibility index (Phi) is 4.19. The van der Waals surface area contributed by atoms with E-state index in [0.29, 0.717) is 5.56 Å². The summed E-state index contributed by atoms with van der Waals surface area (Å²) in [7, 11) is 0. The lowest BCUT2D eigenvalue weighted by Gasteiger charge is -2.20. The molecule has 1 atom stereocenters. The van der Waals surface area contributed by atoms with Crippen LogP contribution in [0.15, 0.2) is 18.2 Å². The van der Waals surface area contributed by atoms with Gasteiger partial charge in [-0.25, -0.2) is 4.79 Å². The molecule has 0 radical (unpaired) electrons. The number of amides is 1. The van der Waals surface area contributed by atoms with Crippen molar-refractivity contribution in [2.75, 3.05) is 5.32 Å². The Hall–Kier alpha value is -1.75. The van der Waals surface area contributed by atoms with E-state index in [1.165, 1.54) is 12.1 Å². The van der Waals surface area contributed by atoms with Crippen LogP contribution in [0.3, 0.4) is 0 Å². The molecule has 18 heavy (non-hydrogen) atoms. The molecule has 1 aromatic carbocycles. The Morgan fingerprint density at radius 3 is 2.44 bits per heavy atom. The number of aliphatic hydroxyl groups excluding tert-OH is 1. The van der Waals surface area contributed by atoms with E-state index >= 15 is 0 Å². The minimum absolute atomic E-state index is 0.112. The van der Waals surface area contributed by atoms with E-state index in [-0.39, 0.29) is 11.4 Å². The molecule has 0 aromatic heterocycles. The van der Waals surface area contributed by atoms with E-state index in [1.54, 1.807) is 33.8 Å². The van der Waals surface area contributed by atoms with E-state index in [1.807, 2.05) is 0 Å². The Bertz CT molecular complexity index is 435. The van der Waals surface area contributed by atoms with Crippen LogP contribution in [0, 0.1) is 0 Å². The van der Waals surface area contributed by atoms with Crippen molar-refractivity contribution in [3.8, 4) is 5.75 Å². The first kappa shape index (κ1) is 14.3. The summed E-state index contributed by atoms with van der Waals surface area (Å²) in [6, 6.07) is 4.54. The monoisotopic (exact) mass is 253 g/mol. The van der Waals surface area contributed by atoms with Gasteiger partial charge in [0.1, 0.15) is 11.4 Å². The third kappa shape index (κ3) is 4.25. The van der Waals surface area contributed by atoms with Crippen LogP contribution in [-0.2, 0) is 4.74 Å². The van der Waals surface area contributed by atoms with Crippen LogP contribution < -0.4 is 5.32 Å². The zero-order valence-electron chi connectivity index (χ0n) is 11.0. The van der Waals surface area contributed by atoms with Gasteiger partial charge in [-0.2, -0.15) is 0 Å². The molecular weight excluding hydrogens is 234 g/mol. The molecule has 1 aromatic rings. The topological polar surface area (TPSA) is 78.8 Å². The lowest BCUT2D eigenvalue weighted by Crippen LogP contribution is -2.27.